The molecule has 0 N–H and O–H groups in total. The molecule has 0 saturated carbocycles. The molecule has 0 radical (unpaired) electrons. The highest BCUT2D eigenvalue weighted by Gasteiger charge is 2.33. The molecule has 0 amide bonds. The smallest absolute Gasteiger partial charge is 0.318 e. The Morgan fingerprint density at radius 3 is 1.93 bits per heavy atom. The maximum atomic E-state index is 13.0. The Morgan fingerprint density at radius 2 is 1.39 bits per heavy atom. The maximum absolute atomic E-state index is 13.0. The molecule has 4 rings (SSSR count). The molecule has 1 heterocycles. The van der Waals surface area contributed by atoms with Crippen molar-refractivity contribution < 1.29 is 14.3 Å². The van der Waals surface area contributed by atoms with Crippen molar-refractivity contribution in [3.8, 4) is 11.5 Å². The second-order valence-electron chi connectivity index (χ2n) is 8.17. The van der Waals surface area contributed by atoms with E-state index in [9.17, 15) is 4.79 Å². The van der Waals surface area contributed by atoms with Gasteiger partial charge in [-0.2, -0.15) is 0 Å². The van der Waals surface area contributed by atoms with Crippen LogP contribution in [0.1, 0.15) is 48.9 Å². The van der Waals surface area contributed by atoms with Crippen LogP contribution in [0, 0.1) is 0 Å². The monoisotopic (exact) mass is 372 g/mol. The number of para-hydroxylation sites is 2. The molecule has 0 saturated heterocycles. The highest BCUT2D eigenvalue weighted by molar-refractivity contribution is 5.85. The fourth-order valence-corrected chi connectivity index (χ4v) is 3.50. The van der Waals surface area contributed by atoms with Gasteiger partial charge < -0.3 is 9.47 Å². The van der Waals surface area contributed by atoms with Crippen molar-refractivity contribution in [2.45, 2.75) is 38.7 Å². The van der Waals surface area contributed by atoms with Crippen LogP contribution in [0.2, 0.25) is 0 Å². The van der Waals surface area contributed by atoms with E-state index in [0.717, 1.165) is 16.7 Å². The van der Waals surface area contributed by atoms with Gasteiger partial charge in [0.1, 0.15) is 24.0 Å². The lowest BCUT2D eigenvalue weighted by Crippen LogP contribution is -2.21. The highest BCUT2D eigenvalue weighted by atomic mass is 16.5. The minimum atomic E-state index is -0.477. The van der Waals surface area contributed by atoms with Gasteiger partial charge in [-0.1, -0.05) is 81.4 Å². The fraction of sp³-hybridized carbons (Fsp3) is 0.240. The number of hydrogen-bond donors (Lipinski definition) is 0. The van der Waals surface area contributed by atoms with Crippen molar-refractivity contribution in [1.82, 2.24) is 0 Å². The van der Waals surface area contributed by atoms with Crippen LogP contribution in [-0.4, -0.2) is 5.97 Å². The molecule has 0 aromatic heterocycles. The average Bonchev–Trinajstić information content (AvgIpc) is 2.70. The van der Waals surface area contributed by atoms with Crippen molar-refractivity contribution in [3.05, 3.63) is 95.1 Å². The number of ether oxygens (including phenoxy) is 2. The first-order valence-corrected chi connectivity index (χ1v) is 9.55. The van der Waals surface area contributed by atoms with E-state index < -0.39 is 5.92 Å². The van der Waals surface area contributed by atoms with Gasteiger partial charge >= 0.3 is 5.97 Å². The van der Waals surface area contributed by atoms with E-state index in [-0.39, 0.29) is 18.0 Å². The van der Waals surface area contributed by atoms with Crippen LogP contribution >= 0.6 is 0 Å². The number of rotatable bonds is 3. The molecule has 3 aromatic carbocycles. The van der Waals surface area contributed by atoms with Gasteiger partial charge in [-0.05, 0) is 28.7 Å². The van der Waals surface area contributed by atoms with Gasteiger partial charge in [0, 0.05) is 11.1 Å². The Hall–Kier alpha value is -3.07. The van der Waals surface area contributed by atoms with Crippen LogP contribution in [0.5, 0.6) is 11.5 Å². The van der Waals surface area contributed by atoms with Crippen molar-refractivity contribution in [2.75, 3.05) is 0 Å². The summed E-state index contributed by atoms with van der Waals surface area (Å²) in [6, 6.07) is 23.5. The third kappa shape index (κ3) is 3.53. The molecule has 0 fully saturated rings. The van der Waals surface area contributed by atoms with Crippen molar-refractivity contribution in [2.24, 2.45) is 0 Å². The largest absolute Gasteiger partial charge is 0.460 e. The third-order valence-electron chi connectivity index (χ3n) is 5.12. The summed E-state index contributed by atoms with van der Waals surface area (Å²) in [4.78, 5) is 13.0. The molecule has 1 aliphatic heterocycles. The first kappa shape index (κ1) is 18.3. The van der Waals surface area contributed by atoms with E-state index in [4.69, 9.17) is 9.47 Å². The first-order valence-electron chi connectivity index (χ1n) is 9.55. The second kappa shape index (κ2) is 7.16. The number of esters is 1. The van der Waals surface area contributed by atoms with Crippen LogP contribution < -0.4 is 4.74 Å². The van der Waals surface area contributed by atoms with Gasteiger partial charge in [-0.3, -0.25) is 4.79 Å². The van der Waals surface area contributed by atoms with Gasteiger partial charge in [0.15, 0.2) is 0 Å². The maximum Gasteiger partial charge on any atom is 0.318 e. The molecule has 0 bridgehead atoms. The second-order valence-corrected chi connectivity index (χ2v) is 8.17. The van der Waals surface area contributed by atoms with Crippen LogP contribution in [0.3, 0.4) is 0 Å². The lowest BCUT2D eigenvalue weighted by molar-refractivity contribution is -0.145. The molecular formula is C25H24O3. The number of carbonyl (C=O) groups is 1. The molecule has 3 nitrogen and oxygen atoms in total. The van der Waals surface area contributed by atoms with Crippen molar-refractivity contribution >= 4 is 5.97 Å². The molecule has 0 aliphatic carbocycles. The standard InChI is InChI=1S/C25H24O3/c1-25(2,3)18-14-12-17(13-15-18)16-27-24(26)23-19-8-4-6-10-21(19)28-22-11-7-5-9-20(22)23/h4-15,23H,16H2,1-3H3. The van der Waals surface area contributed by atoms with Gasteiger partial charge in [0.2, 0.25) is 0 Å². The van der Waals surface area contributed by atoms with E-state index in [1.54, 1.807) is 0 Å². The summed E-state index contributed by atoms with van der Waals surface area (Å²) in [5.41, 5.74) is 4.03. The van der Waals surface area contributed by atoms with Gasteiger partial charge in [0.05, 0.1) is 0 Å². The number of benzene rings is 3. The average molecular weight is 372 g/mol. The first-order chi connectivity index (χ1) is 13.4. The minimum Gasteiger partial charge on any atom is -0.460 e. The molecule has 1 aliphatic rings. The zero-order chi connectivity index (χ0) is 19.7. The van der Waals surface area contributed by atoms with E-state index in [1.165, 1.54) is 5.56 Å². The summed E-state index contributed by atoms with van der Waals surface area (Å²) < 4.78 is 11.7. The van der Waals surface area contributed by atoms with Crippen LogP contribution in [0.4, 0.5) is 0 Å². The predicted octanol–water partition coefficient (Wildman–Crippen LogP) is 5.97. The number of hydrogen-bond acceptors (Lipinski definition) is 3. The van der Waals surface area contributed by atoms with Crippen molar-refractivity contribution in [3.63, 3.8) is 0 Å². The van der Waals surface area contributed by atoms with E-state index in [1.807, 2.05) is 60.7 Å². The SMILES string of the molecule is CC(C)(C)c1ccc(COC(=O)C2c3ccccc3Oc3ccccc32)cc1. The Kier molecular flexibility index (Phi) is 4.68. The summed E-state index contributed by atoms with van der Waals surface area (Å²) in [6.07, 6.45) is 0. The number of carbonyl (C=O) groups excluding carboxylic acids is 1. The Morgan fingerprint density at radius 1 is 0.857 bits per heavy atom. The summed E-state index contributed by atoms with van der Waals surface area (Å²) in [6.45, 7) is 6.80. The lowest BCUT2D eigenvalue weighted by Gasteiger charge is -2.26. The predicted molar refractivity (Wildman–Crippen MR) is 110 cm³/mol. The van der Waals surface area contributed by atoms with Crippen LogP contribution in [0.15, 0.2) is 72.8 Å². The molecule has 0 spiro atoms. The zero-order valence-electron chi connectivity index (χ0n) is 16.4. The molecule has 28 heavy (non-hydrogen) atoms. The molecule has 0 atom stereocenters. The van der Waals surface area contributed by atoms with Gasteiger partial charge in [0.25, 0.3) is 0 Å². The zero-order valence-corrected chi connectivity index (χ0v) is 16.4. The fourth-order valence-electron chi connectivity index (χ4n) is 3.50. The van der Waals surface area contributed by atoms with Gasteiger partial charge in [-0.15, -0.1) is 0 Å². The topological polar surface area (TPSA) is 35.5 Å². The molecule has 142 valence electrons. The molecular weight excluding hydrogens is 348 g/mol. The summed E-state index contributed by atoms with van der Waals surface area (Å²) >= 11 is 0. The number of fused-ring (bicyclic) bond motifs is 2. The quantitative estimate of drug-likeness (QED) is 0.532. The Balaban J connectivity index is 1.55. The third-order valence-corrected chi connectivity index (χ3v) is 5.12. The summed E-state index contributed by atoms with van der Waals surface area (Å²) in [7, 11) is 0. The van der Waals surface area contributed by atoms with E-state index >= 15 is 0 Å². The summed E-state index contributed by atoms with van der Waals surface area (Å²) in [5.74, 6) is 0.674. The molecule has 3 aromatic rings. The van der Waals surface area contributed by atoms with Crippen LogP contribution in [-0.2, 0) is 21.6 Å². The molecule has 3 heteroatoms. The lowest BCUT2D eigenvalue weighted by atomic mass is 9.87. The van der Waals surface area contributed by atoms with E-state index in [2.05, 4.69) is 32.9 Å². The Bertz CT molecular complexity index is 951. The molecule has 0 unspecified atom stereocenters. The van der Waals surface area contributed by atoms with Crippen LogP contribution in [0.25, 0.3) is 0 Å². The normalized spacial score (nSPS) is 13.2. The summed E-state index contributed by atoms with van der Waals surface area (Å²) in [5, 5.41) is 0. The minimum absolute atomic E-state index is 0.102. The Labute approximate surface area is 165 Å². The van der Waals surface area contributed by atoms with Gasteiger partial charge in [-0.25, -0.2) is 0 Å². The van der Waals surface area contributed by atoms with Crippen molar-refractivity contribution in [1.29, 1.82) is 0 Å². The van der Waals surface area contributed by atoms with E-state index in [0.29, 0.717) is 11.5 Å². The highest BCUT2D eigenvalue weighted by Crippen LogP contribution is 2.44.